The Morgan fingerprint density at radius 1 is 1.44 bits per heavy atom. The Bertz CT molecular complexity index is 468. The number of benzene rings is 1. The predicted molar refractivity (Wildman–Crippen MR) is 69.9 cm³/mol. The molecular formula is C14H18N2O2. The number of nitrogens with zero attached hydrogens (tertiary/aromatic N) is 1. The average molecular weight is 246 g/mol. The molecule has 18 heavy (non-hydrogen) atoms. The van der Waals surface area contributed by atoms with Gasteiger partial charge in [0.05, 0.1) is 6.04 Å². The van der Waals surface area contributed by atoms with E-state index in [0.29, 0.717) is 11.5 Å². The number of nitrogens with two attached hydrogens (primary N) is 1. The fourth-order valence-corrected chi connectivity index (χ4v) is 2.43. The number of urea groups is 1. The molecule has 1 aromatic carbocycles. The topological polar surface area (TPSA) is 66.6 Å². The van der Waals surface area contributed by atoms with E-state index in [1.54, 1.807) is 0 Å². The van der Waals surface area contributed by atoms with Gasteiger partial charge in [-0.05, 0) is 29.6 Å². The Morgan fingerprint density at radius 2 is 2.11 bits per heavy atom. The third-order valence-corrected chi connectivity index (χ3v) is 3.35. The zero-order valence-corrected chi connectivity index (χ0v) is 10.5. The van der Waals surface area contributed by atoms with E-state index in [0.717, 1.165) is 24.0 Å². The largest absolute Gasteiger partial charge is 0.350 e. The molecule has 2 amide bonds. The van der Waals surface area contributed by atoms with E-state index in [9.17, 15) is 10.0 Å². The first kappa shape index (κ1) is 12.6. The number of hydrogen-bond donors (Lipinski definition) is 2. The molecule has 1 unspecified atom stereocenters. The van der Waals surface area contributed by atoms with Crippen LogP contribution in [0.5, 0.6) is 0 Å². The normalized spacial score (nSPS) is 18.4. The van der Waals surface area contributed by atoms with Crippen LogP contribution in [0.2, 0.25) is 0 Å². The highest BCUT2D eigenvalue weighted by Crippen LogP contribution is 2.41. The molecule has 1 aliphatic carbocycles. The lowest BCUT2D eigenvalue weighted by Crippen LogP contribution is -2.46. The SMILES string of the molecule is CCCC1=C(c2ccccc2)CC1N(O)C(N)=O. The highest BCUT2D eigenvalue weighted by molar-refractivity contribution is 5.79. The molecule has 0 spiro atoms. The molecule has 3 N–H and O–H groups in total. The molecule has 0 bridgehead atoms. The zero-order valence-electron chi connectivity index (χ0n) is 10.5. The van der Waals surface area contributed by atoms with Gasteiger partial charge >= 0.3 is 6.03 Å². The first-order valence-corrected chi connectivity index (χ1v) is 6.20. The highest BCUT2D eigenvalue weighted by atomic mass is 16.5. The second-order valence-corrected chi connectivity index (χ2v) is 4.52. The van der Waals surface area contributed by atoms with Crippen LogP contribution in [0.15, 0.2) is 35.9 Å². The molecule has 0 radical (unpaired) electrons. The van der Waals surface area contributed by atoms with Crippen LogP contribution in [-0.4, -0.2) is 22.3 Å². The lowest BCUT2D eigenvalue weighted by Gasteiger charge is -2.37. The van der Waals surface area contributed by atoms with Gasteiger partial charge < -0.3 is 5.73 Å². The lowest BCUT2D eigenvalue weighted by molar-refractivity contribution is -0.0677. The quantitative estimate of drug-likeness (QED) is 0.633. The van der Waals surface area contributed by atoms with Gasteiger partial charge in [-0.25, -0.2) is 4.79 Å². The van der Waals surface area contributed by atoms with Crippen molar-refractivity contribution in [3.8, 4) is 0 Å². The van der Waals surface area contributed by atoms with E-state index in [1.807, 2.05) is 30.3 Å². The van der Waals surface area contributed by atoms with Crippen molar-refractivity contribution in [3.05, 3.63) is 41.5 Å². The van der Waals surface area contributed by atoms with Gasteiger partial charge in [0.15, 0.2) is 0 Å². The molecule has 0 fully saturated rings. The van der Waals surface area contributed by atoms with Crippen LogP contribution in [0.25, 0.3) is 5.57 Å². The summed E-state index contributed by atoms with van der Waals surface area (Å²) < 4.78 is 0. The summed E-state index contributed by atoms with van der Waals surface area (Å²) in [5, 5.41) is 10.3. The number of rotatable bonds is 4. The van der Waals surface area contributed by atoms with Crippen molar-refractivity contribution in [2.24, 2.45) is 5.73 Å². The van der Waals surface area contributed by atoms with Gasteiger partial charge in [-0.2, -0.15) is 5.06 Å². The number of hydroxylamine groups is 2. The van der Waals surface area contributed by atoms with Crippen molar-refractivity contribution in [1.82, 2.24) is 5.06 Å². The maximum absolute atomic E-state index is 11.0. The first-order chi connectivity index (χ1) is 8.65. The molecule has 96 valence electrons. The van der Waals surface area contributed by atoms with Crippen molar-refractivity contribution in [2.45, 2.75) is 32.2 Å². The summed E-state index contributed by atoms with van der Waals surface area (Å²) in [4.78, 5) is 11.0. The fourth-order valence-electron chi connectivity index (χ4n) is 2.43. The van der Waals surface area contributed by atoms with Crippen LogP contribution in [-0.2, 0) is 0 Å². The molecule has 1 atom stereocenters. The summed E-state index contributed by atoms with van der Waals surface area (Å²) in [5.74, 6) is 0. The molecule has 0 aromatic heterocycles. The molecular weight excluding hydrogens is 228 g/mol. The predicted octanol–water partition coefficient (Wildman–Crippen LogP) is 2.78. The molecule has 4 heteroatoms. The van der Waals surface area contributed by atoms with Gasteiger partial charge in [0, 0.05) is 0 Å². The van der Waals surface area contributed by atoms with Crippen molar-refractivity contribution >= 4 is 11.6 Å². The van der Waals surface area contributed by atoms with Crippen LogP contribution in [0, 0.1) is 0 Å². The van der Waals surface area contributed by atoms with Gasteiger partial charge in [-0.15, -0.1) is 0 Å². The second-order valence-electron chi connectivity index (χ2n) is 4.52. The van der Waals surface area contributed by atoms with E-state index in [2.05, 4.69) is 6.92 Å². The van der Waals surface area contributed by atoms with E-state index in [-0.39, 0.29) is 6.04 Å². The Morgan fingerprint density at radius 3 is 2.67 bits per heavy atom. The molecule has 4 nitrogen and oxygen atoms in total. The standard InChI is InChI=1S/C14H18N2O2/c1-2-6-11-12(10-7-4-3-5-8-10)9-13(11)16(18)14(15)17/h3-5,7-8,13,18H,2,6,9H2,1H3,(H2,15,17). The van der Waals surface area contributed by atoms with E-state index in [1.165, 1.54) is 5.57 Å². The Hall–Kier alpha value is -1.81. The van der Waals surface area contributed by atoms with Crippen LogP contribution >= 0.6 is 0 Å². The van der Waals surface area contributed by atoms with Crippen LogP contribution in [0.4, 0.5) is 4.79 Å². The third-order valence-electron chi connectivity index (χ3n) is 3.35. The Kier molecular flexibility index (Phi) is 3.67. The zero-order chi connectivity index (χ0) is 13.1. The molecule has 0 saturated heterocycles. The van der Waals surface area contributed by atoms with Gasteiger partial charge in [-0.1, -0.05) is 43.7 Å². The van der Waals surface area contributed by atoms with Crippen LogP contribution < -0.4 is 5.73 Å². The minimum atomic E-state index is -0.791. The van der Waals surface area contributed by atoms with Gasteiger partial charge in [0.25, 0.3) is 0 Å². The summed E-state index contributed by atoms with van der Waals surface area (Å²) in [6.45, 7) is 2.08. The number of amides is 2. The summed E-state index contributed by atoms with van der Waals surface area (Å²) in [7, 11) is 0. The molecule has 0 heterocycles. The Balaban J connectivity index is 2.27. The molecule has 1 aromatic rings. The number of carbonyl (C=O) groups is 1. The summed E-state index contributed by atoms with van der Waals surface area (Å²) in [5.41, 5.74) is 8.61. The van der Waals surface area contributed by atoms with Crippen molar-refractivity contribution in [2.75, 3.05) is 0 Å². The van der Waals surface area contributed by atoms with Crippen molar-refractivity contribution < 1.29 is 10.0 Å². The number of hydrogen-bond acceptors (Lipinski definition) is 2. The smallest absolute Gasteiger partial charge is 0.339 e. The number of primary amides is 1. The molecule has 0 saturated carbocycles. The van der Waals surface area contributed by atoms with Gasteiger partial charge in [0.1, 0.15) is 0 Å². The Labute approximate surface area is 107 Å². The second kappa shape index (κ2) is 5.23. The first-order valence-electron chi connectivity index (χ1n) is 6.20. The van der Waals surface area contributed by atoms with Crippen molar-refractivity contribution in [1.29, 1.82) is 0 Å². The highest BCUT2D eigenvalue weighted by Gasteiger charge is 2.35. The molecule has 1 aliphatic rings. The van der Waals surface area contributed by atoms with Gasteiger partial charge in [-0.3, -0.25) is 5.21 Å². The molecule has 2 rings (SSSR count). The fraction of sp³-hybridized carbons (Fsp3) is 0.357. The van der Waals surface area contributed by atoms with Crippen LogP contribution in [0.1, 0.15) is 31.7 Å². The monoisotopic (exact) mass is 246 g/mol. The minimum Gasteiger partial charge on any atom is -0.350 e. The summed E-state index contributed by atoms with van der Waals surface area (Å²) in [6, 6.07) is 9.01. The number of carbonyl (C=O) groups excluding carboxylic acids is 1. The van der Waals surface area contributed by atoms with Gasteiger partial charge in [0.2, 0.25) is 0 Å². The summed E-state index contributed by atoms with van der Waals surface area (Å²) in [6.07, 6.45) is 2.52. The van der Waals surface area contributed by atoms with E-state index >= 15 is 0 Å². The summed E-state index contributed by atoms with van der Waals surface area (Å²) >= 11 is 0. The minimum absolute atomic E-state index is 0.252. The lowest BCUT2D eigenvalue weighted by atomic mass is 9.77. The van der Waals surface area contributed by atoms with E-state index in [4.69, 9.17) is 5.73 Å². The maximum Gasteiger partial charge on any atom is 0.339 e. The average Bonchev–Trinajstić information content (AvgIpc) is 2.36. The molecule has 0 aliphatic heterocycles. The van der Waals surface area contributed by atoms with Crippen molar-refractivity contribution in [3.63, 3.8) is 0 Å². The third kappa shape index (κ3) is 2.24. The van der Waals surface area contributed by atoms with E-state index < -0.39 is 6.03 Å². The maximum atomic E-state index is 11.0. The van der Waals surface area contributed by atoms with Crippen LogP contribution in [0.3, 0.4) is 0 Å².